The predicted molar refractivity (Wildman–Crippen MR) is 114 cm³/mol. The highest BCUT2D eigenvalue weighted by Gasteiger charge is 2.35. The number of fused-ring (bicyclic) bond motifs is 1. The Morgan fingerprint density at radius 3 is 2.67 bits per heavy atom. The highest BCUT2D eigenvalue weighted by atomic mass is 32.2. The van der Waals surface area contributed by atoms with E-state index in [1.165, 1.54) is 24.5 Å². The van der Waals surface area contributed by atoms with E-state index in [9.17, 15) is 26.7 Å². The molecule has 180 valence electrons. The van der Waals surface area contributed by atoms with Gasteiger partial charge in [-0.15, -0.1) is 0 Å². The number of hydrogen-bond donors (Lipinski definition) is 4. The van der Waals surface area contributed by atoms with Gasteiger partial charge in [-0.05, 0) is 18.9 Å². The molecule has 3 atom stereocenters. The van der Waals surface area contributed by atoms with Crippen molar-refractivity contribution in [1.82, 2.24) is 19.9 Å². The number of nitrogens with zero attached hydrogens (tertiary/aromatic N) is 3. The number of aliphatic hydroxyl groups excluding tert-OH is 1. The molecular formula is C19H23F3N6O4S. The number of hydrogen-bond acceptors (Lipinski definition) is 8. The maximum Gasteiger partial charge on any atom is 0.417 e. The van der Waals surface area contributed by atoms with E-state index in [0.717, 1.165) is 6.07 Å². The number of halogens is 3. The molecule has 5 N–H and O–H groups in total. The van der Waals surface area contributed by atoms with Gasteiger partial charge in [0.25, 0.3) is 0 Å². The van der Waals surface area contributed by atoms with Crippen LogP contribution in [0.3, 0.4) is 0 Å². The first-order chi connectivity index (χ1) is 15.0. The summed E-state index contributed by atoms with van der Waals surface area (Å²) in [6, 6.07) is 4.75. The standard InChI is InChI=1S/C18H19F3N6O4S.CH4/c19-18(20,21)12-4-2-1-3-11(12)15-26-14-16(23-8-24-17(14)27-15)25-10-5-9(13(28)6-10)7-31-32(22,29)30;/h1-4,8-10,13,28H,5-7H2,(H2,22,29,30)(H2,23,24,25,26,27);1H4/t9-,10+,13-;/m0./s1. The normalized spacial score (nSPS) is 21.2. The minimum Gasteiger partial charge on any atom is -0.393 e. The van der Waals surface area contributed by atoms with E-state index in [1.807, 2.05) is 0 Å². The summed E-state index contributed by atoms with van der Waals surface area (Å²) in [4.78, 5) is 15.2. The number of imidazole rings is 1. The zero-order valence-corrected chi connectivity index (χ0v) is 17.2. The highest BCUT2D eigenvalue weighted by Crippen LogP contribution is 2.37. The molecule has 14 heteroatoms. The van der Waals surface area contributed by atoms with Crippen molar-refractivity contribution in [2.75, 3.05) is 11.9 Å². The second-order valence-corrected chi connectivity index (χ2v) is 8.69. The number of rotatable bonds is 6. The van der Waals surface area contributed by atoms with Crippen LogP contribution in [0.1, 0.15) is 25.8 Å². The van der Waals surface area contributed by atoms with Crippen LogP contribution in [-0.4, -0.2) is 52.2 Å². The topological polar surface area (TPSA) is 156 Å². The molecule has 0 unspecified atom stereocenters. The first kappa shape index (κ1) is 24.8. The minimum atomic E-state index is -4.56. The third-order valence-corrected chi connectivity index (χ3v) is 5.69. The summed E-state index contributed by atoms with van der Waals surface area (Å²) in [6.45, 7) is -0.264. The van der Waals surface area contributed by atoms with Gasteiger partial charge in [0.15, 0.2) is 11.5 Å². The quantitative estimate of drug-likeness (QED) is 0.412. The van der Waals surface area contributed by atoms with E-state index < -0.39 is 34.1 Å². The molecule has 1 aliphatic carbocycles. The average Bonchev–Trinajstić information content (AvgIpc) is 3.29. The van der Waals surface area contributed by atoms with Crippen molar-refractivity contribution >= 4 is 27.3 Å². The van der Waals surface area contributed by atoms with Crippen molar-refractivity contribution in [3.63, 3.8) is 0 Å². The highest BCUT2D eigenvalue weighted by molar-refractivity contribution is 7.84. The van der Waals surface area contributed by atoms with E-state index in [1.54, 1.807) is 0 Å². The second kappa shape index (κ2) is 9.21. The molecule has 33 heavy (non-hydrogen) atoms. The Kier molecular flexibility index (Phi) is 6.93. The molecular weight excluding hydrogens is 465 g/mol. The zero-order chi connectivity index (χ0) is 23.1. The molecule has 1 aromatic carbocycles. The van der Waals surface area contributed by atoms with Gasteiger partial charge < -0.3 is 15.4 Å². The Morgan fingerprint density at radius 2 is 1.97 bits per heavy atom. The molecule has 1 fully saturated rings. The number of nitrogens with two attached hydrogens (primary N) is 1. The Balaban J connectivity index is 0.00000306. The second-order valence-electron chi connectivity index (χ2n) is 7.47. The van der Waals surface area contributed by atoms with Gasteiger partial charge in [-0.2, -0.15) is 21.6 Å². The van der Waals surface area contributed by atoms with Crippen molar-refractivity contribution in [2.24, 2.45) is 11.1 Å². The summed E-state index contributed by atoms with van der Waals surface area (Å²) in [5, 5.41) is 18.1. The third-order valence-electron chi connectivity index (χ3n) is 5.22. The maximum absolute atomic E-state index is 13.4. The Bertz CT molecular complexity index is 1230. The van der Waals surface area contributed by atoms with Crippen LogP contribution in [0.25, 0.3) is 22.6 Å². The fourth-order valence-corrected chi connectivity index (χ4v) is 4.14. The first-order valence-corrected chi connectivity index (χ1v) is 11.0. The SMILES string of the molecule is C.NS(=O)(=O)OC[C@@H]1C[C@@H](Nc2ncnc3nc(-c4ccccc4C(F)(F)F)[nH]c23)C[C@@H]1O. The molecule has 0 aliphatic heterocycles. The molecule has 0 bridgehead atoms. The predicted octanol–water partition coefficient (Wildman–Crippen LogP) is 2.45. The summed E-state index contributed by atoms with van der Waals surface area (Å²) < 4.78 is 66.7. The number of alkyl halides is 3. The van der Waals surface area contributed by atoms with Crippen molar-refractivity contribution in [3.8, 4) is 11.4 Å². The number of H-pyrrole nitrogens is 1. The van der Waals surface area contributed by atoms with Gasteiger partial charge in [-0.25, -0.2) is 20.1 Å². The Hall–Kier alpha value is -2.81. The summed E-state index contributed by atoms with van der Waals surface area (Å²) in [7, 11) is -4.12. The van der Waals surface area contributed by atoms with Crippen LogP contribution in [0.4, 0.5) is 19.0 Å². The van der Waals surface area contributed by atoms with Crippen molar-refractivity contribution < 1.29 is 30.9 Å². The van der Waals surface area contributed by atoms with Gasteiger partial charge in [0, 0.05) is 17.5 Å². The lowest BCUT2D eigenvalue weighted by Crippen LogP contribution is -2.24. The summed E-state index contributed by atoms with van der Waals surface area (Å²) in [6.07, 6.45) is -3.53. The van der Waals surface area contributed by atoms with Gasteiger partial charge in [0.1, 0.15) is 17.7 Å². The van der Waals surface area contributed by atoms with E-state index in [2.05, 4.69) is 29.4 Å². The molecule has 4 rings (SSSR count). The van der Waals surface area contributed by atoms with Crippen LogP contribution < -0.4 is 10.5 Å². The number of aliphatic hydroxyl groups is 1. The fraction of sp³-hybridized carbons (Fsp3) is 0.421. The summed E-state index contributed by atoms with van der Waals surface area (Å²) in [5.41, 5.74) is -0.487. The van der Waals surface area contributed by atoms with Crippen LogP contribution in [0.2, 0.25) is 0 Å². The molecule has 0 radical (unpaired) electrons. The fourth-order valence-electron chi connectivity index (χ4n) is 3.78. The minimum absolute atomic E-state index is 0. The third kappa shape index (κ3) is 5.58. The Labute approximate surface area is 187 Å². The van der Waals surface area contributed by atoms with Gasteiger partial charge in [-0.3, -0.25) is 4.18 Å². The average molecular weight is 488 g/mol. The molecule has 1 aliphatic rings. The van der Waals surface area contributed by atoms with Crippen molar-refractivity contribution in [2.45, 2.75) is 38.6 Å². The number of aromatic nitrogens is 4. The first-order valence-electron chi connectivity index (χ1n) is 9.50. The zero-order valence-electron chi connectivity index (χ0n) is 16.4. The largest absolute Gasteiger partial charge is 0.417 e. The molecule has 0 saturated heterocycles. The molecule has 2 aromatic heterocycles. The molecule has 0 spiro atoms. The molecule has 2 heterocycles. The van der Waals surface area contributed by atoms with Gasteiger partial charge in [0.05, 0.1) is 18.3 Å². The summed E-state index contributed by atoms with van der Waals surface area (Å²) in [5.74, 6) is -0.190. The van der Waals surface area contributed by atoms with Crippen LogP contribution in [0, 0.1) is 5.92 Å². The van der Waals surface area contributed by atoms with Gasteiger partial charge in [-0.1, -0.05) is 25.6 Å². The lowest BCUT2D eigenvalue weighted by Gasteiger charge is -2.14. The van der Waals surface area contributed by atoms with Crippen LogP contribution in [0.5, 0.6) is 0 Å². The van der Waals surface area contributed by atoms with E-state index >= 15 is 0 Å². The lowest BCUT2D eigenvalue weighted by atomic mass is 10.1. The number of anilines is 1. The van der Waals surface area contributed by atoms with Gasteiger partial charge >= 0.3 is 16.5 Å². The van der Waals surface area contributed by atoms with Crippen LogP contribution >= 0.6 is 0 Å². The Morgan fingerprint density at radius 1 is 1.24 bits per heavy atom. The number of benzene rings is 1. The van der Waals surface area contributed by atoms with Crippen molar-refractivity contribution in [3.05, 3.63) is 36.2 Å². The molecule has 1 saturated carbocycles. The van der Waals surface area contributed by atoms with Gasteiger partial charge in [0.2, 0.25) is 0 Å². The lowest BCUT2D eigenvalue weighted by molar-refractivity contribution is -0.137. The number of nitrogens with one attached hydrogen (secondary N) is 2. The van der Waals surface area contributed by atoms with E-state index in [4.69, 9.17) is 5.14 Å². The monoisotopic (exact) mass is 488 g/mol. The molecule has 10 nitrogen and oxygen atoms in total. The van der Waals surface area contributed by atoms with Crippen LogP contribution in [0.15, 0.2) is 30.6 Å². The maximum atomic E-state index is 13.4. The van der Waals surface area contributed by atoms with Crippen LogP contribution in [-0.2, 0) is 20.7 Å². The molecule has 3 aromatic rings. The van der Waals surface area contributed by atoms with E-state index in [-0.39, 0.29) is 43.5 Å². The smallest absolute Gasteiger partial charge is 0.393 e. The summed E-state index contributed by atoms with van der Waals surface area (Å²) >= 11 is 0. The molecule has 0 amide bonds. The van der Waals surface area contributed by atoms with E-state index in [0.29, 0.717) is 17.8 Å². The number of aromatic amines is 1. The van der Waals surface area contributed by atoms with Crippen molar-refractivity contribution in [1.29, 1.82) is 0 Å².